The number of thiazole rings is 1. The molecule has 0 bridgehead atoms. The lowest BCUT2D eigenvalue weighted by Crippen LogP contribution is -2.07. The topological polar surface area (TPSA) is 42.0 Å². The lowest BCUT2D eigenvalue weighted by Gasteiger charge is -1.99. The minimum absolute atomic E-state index is 0.211. The number of aryl methyl sites for hydroxylation is 1. The summed E-state index contributed by atoms with van der Waals surface area (Å²) in [5.41, 5.74) is 4.12. The molecule has 1 aromatic heterocycles. The molecule has 1 N–H and O–H groups in total. The van der Waals surface area contributed by atoms with Gasteiger partial charge < -0.3 is 0 Å². The highest BCUT2D eigenvalue weighted by molar-refractivity contribution is 7.14. The first-order valence-corrected chi connectivity index (χ1v) is 9.19. The molecule has 0 atom stereocenters. The lowest BCUT2D eigenvalue weighted by atomic mass is 10.1. The minimum Gasteiger partial charge on any atom is -0.298 e. The van der Waals surface area contributed by atoms with Crippen molar-refractivity contribution in [3.8, 4) is 11.3 Å². The summed E-state index contributed by atoms with van der Waals surface area (Å²) < 4.78 is 0. The Morgan fingerprint density at radius 2 is 1.88 bits per heavy atom. The van der Waals surface area contributed by atoms with Crippen molar-refractivity contribution in [2.24, 2.45) is 0 Å². The Balaban J connectivity index is 1.64. The second kappa shape index (κ2) is 8.10. The third kappa shape index (κ3) is 4.78. The van der Waals surface area contributed by atoms with Gasteiger partial charge in [-0.25, -0.2) is 4.98 Å². The molecule has 3 aromatic rings. The number of hydrogen-bond acceptors (Lipinski definition) is 3. The van der Waals surface area contributed by atoms with Gasteiger partial charge in [-0.1, -0.05) is 54.9 Å². The summed E-state index contributed by atoms with van der Waals surface area (Å²) in [5, 5.41) is 5.99. The summed E-state index contributed by atoms with van der Waals surface area (Å²) in [6.45, 7) is 2.13. The van der Waals surface area contributed by atoms with Gasteiger partial charge in [0.1, 0.15) is 0 Å². The standard InChI is InChI=1S/C20H17ClN2OS/c1-2-14-3-8-16(9-4-14)18-13-25-20(22-18)23-19(24)12-7-15-5-10-17(21)11-6-15/h3-13H,2H2,1H3,(H,22,23,24)/b12-7+. The largest absolute Gasteiger partial charge is 0.298 e. The van der Waals surface area contributed by atoms with E-state index in [1.165, 1.54) is 23.0 Å². The third-order valence-corrected chi connectivity index (χ3v) is 4.70. The Kier molecular flexibility index (Phi) is 5.64. The van der Waals surface area contributed by atoms with Crippen LogP contribution < -0.4 is 5.32 Å². The van der Waals surface area contributed by atoms with E-state index in [0.29, 0.717) is 10.2 Å². The maximum absolute atomic E-state index is 12.0. The second-order valence-electron chi connectivity index (χ2n) is 5.46. The van der Waals surface area contributed by atoms with Gasteiger partial charge in [0.25, 0.3) is 0 Å². The zero-order chi connectivity index (χ0) is 17.6. The first-order valence-electron chi connectivity index (χ1n) is 7.93. The molecule has 0 aliphatic heterocycles. The second-order valence-corrected chi connectivity index (χ2v) is 6.76. The molecular formula is C20H17ClN2OS. The number of carbonyl (C=O) groups excluding carboxylic acids is 1. The minimum atomic E-state index is -0.211. The average Bonchev–Trinajstić information content (AvgIpc) is 3.10. The molecule has 5 heteroatoms. The fraction of sp³-hybridized carbons (Fsp3) is 0.100. The van der Waals surface area contributed by atoms with Crippen molar-refractivity contribution < 1.29 is 4.79 Å². The predicted octanol–water partition coefficient (Wildman–Crippen LogP) is 5.68. The summed E-state index contributed by atoms with van der Waals surface area (Å²) in [7, 11) is 0. The molecule has 0 spiro atoms. The zero-order valence-corrected chi connectivity index (χ0v) is 15.3. The normalized spacial score (nSPS) is 11.0. The molecule has 0 unspecified atom stereocenters. The number of nitrogens with one attached hydrogen (secondary N) is 1. The number of hydrogen-bond donors (Lipinski definition) is 1. The maximum Gasteiger partial charge on any atom is 0.250 e. The highest BCUT2D eigenvalue weighted by Gasteiger charge is 2.06. The van der Waals surface area contributed by atoms with Gasteiger partial charge in [-0.3, -0.25) is 10.1 Å². The smallest absolute Gasteiger partial charge is 0.250 e. The van der Waals surface area contributed by atoms with E-state index in [-0.39, 0.29) is 5.91 Å². The van der Waals surface area contributed by atoms with Crippen molar-refractivity contribution in [1.82, 2.24) is 4.98 Å². The third-order valence-electron chi connectivity index (χ3n) is 3.69. The first-order chi connectivity index (χ1) is 12.1. The van der Waals surface area contributed by atoms with Crippen LogP contribution in [-0.2, 0) is 11.2 Å². The van der Waals surface area contributed by atoms with Gasteiger partial charge in [-0.2, -0.15) is 0 Å². The van der Waals surface area contributed by atoms with Gasteiger partial charge >= 0.3 is 0 Å². The summed E-state index contributed by atoms with van der Waals surface area (Å²) >= 11 is 7.25. The Bertz CT molecular complexity index is 883. The number of anilines is 1. The summed E-state index contributed by atoms with van der Waals surface area (Å²) in [6.07, 6.45) is 4.24. The summed E-state index contributed by atoms with van der Waals surface area (Å²) in [4.78, 5) is 16.5. The Hall–Kier alpha value is -2.43. The molecule has 0 saturated heterocycles. The summed E-state index contributed by atoms with van der Waals surface area (Å²) in [5.74, 6) is -0.211. The average molecular weight is 369 g/mol. The van der Waals surface area contributed by atoms with Crippen LogP contribution in [0.25, 0.3) is 17.3 Å². The molecule has 1 amide bonds. The molecule has 0 radical (unpaired) electrons. The molecule has 2 aromatic carbocycles. The van der Waals surface area contributed by atoms with Gasteiger partial charge in [0.2, 0.25) is 5.91 Å². The van der Waals surface area contributed by atoms with E-state index in [1.807, 2.05) is 17.5 Å². The summed E-state index contributed by atoms with van der Waals surface area (Å²) in [6, 6.07) is 15.6. The number of carbonyl (C=O) groups is 1. The van der Waals surface area contributed by atoms with E-state index < -0.39 is 0 Å². The molecule has 126 valence electrons. The number of halogens is 1. The van der Waals surface area contributed by atoms with Gasteiger partial charge in [0, 0.05) is 22.0 Å². The number of amides is 1. The Morgan fingerprint density at radius 1 is 1.16 bits per heavy atom. The fourth-order valence-electron chi connectivity index (χ4n) is 2.27. The van der Waals surface area contributed by atoms with Gasteiger partial charge in [-0.05, 0) is 35.8 Å². The Morgan fingerprint density at radius 3 is 2.56 bits per heavy atom. The highest BCUT2D eigenvalue weighted by Crippen LogP contribution is 2.25. The van der Waals surface area contributed by atoms with E-state index in [0.717, 1.165) is 23.2 Å². The zero-order valence-electron chi connectivity index (χ0n) is 13.7. The van der Waals surface area contributed by atoms with Crippen LogP contribution in [0.3, 0.4) is 0 Å². The van der Waals surface area contributed by atoms with Crippen LogP contribution in [0.1, 0.15) is 18.1 Å². The molecule has 0 aliphatic carbocycles. The Labute approximate surface area is 156 Å². The maximum atomic E-state index is 12.0. The van der Waals surface area contributed by atoms with Crippen LogP contribution in [0.5, 0.6) is 0 Å². The number of benzene rings is 2. The lowest BCUT2D eigenvalue weighted by molar-refractivity contribution is -0.111. The molecule has 25 heavy (non-hydrogen) atoms. The monoisotopic (exact) mass is 368 g/mol. The van der Waals surface area contributed by atoms with Crippen molar-refractivity contribution >= 4 is 40.1 Å². The van der Waals surface area contributed by atoms with Crippen LogP contribution in [0.15, 0.2) is 60.0 Å². The van der Waals surface area contributed by atoms with Crippen molar-refractivity contribution in [2.75, 3.05) is 5.32 Å². The van der Waals surface area contributed by atoms with E-state index in [4.69, 9.17) is 11.6 Å². The molecule has 0 saturated carbocycles. The molecule has 3 nitrogen and oxygen atoms in total. The van der Waals surface area contributed by atoms with E-state index >= 15 is 0 Å². The highest BCUT2D eigenvalue weighted by atomic mass is 35.5. The molecular weight excluding hydrogens is 352 g/mol. The molecule has 1 heterocycles. The fourth-order valence-corrected chi connectivity index (χ4v) is 3.12. The molecule has 3 rings (SSSR count). The quantitative estimate of drug-likeness (QED) is 0.589. The molecule has 0 aliphatic rings. The van der Waals surface area contributed by atoms with Crippen LogP contribution in [0.4, 0.5) is 5.13 Å². The van der Waals surface area contributed by atoms with Crippen LogP contribution in [-0.4, -0.2) is 10.9 Å². The SMILES string of the molecule is CCc1ccc(-c2csc(NC(=O)/C=C/c3ccc(Cl)cc3)n2)cc1. The van der Waals surface area contributed by atoms with Crippen LogP contribution >= 0.6 is 22.9 Å². The van der Waals surface area contributed by atoms with E-state index in [9.17, 15) is 4.79 Å². The van der Waals surface area contributed by atoms with Crippen molar-refractivity contribution in [1.29, 1.82) is 0 Å². The number of nitrogens with zero attached hydrogens (tertiary/aromatic N) is 1. The van der Waals surface area contributed by atoms with Gasteiger partial charge in [0.05, 0.1) is 5.69 Å². The number of aromatic nitrogens is 1. The molecule has 0 fully saturated rings. The van der Waals surface area contributed by atoms with Crippen LogP contribution in [0, 0.1) is 0 Å². The van der Waals surface area contributed by atoms with Crippen molar-refractivity contribution in [3.63, 3.8) is 0 Å². The van der Waals surface area contributed by atoms with E-state index in [2.05, 4.69) is 41.5 Å². The predicted molar refractivity (Wildman–Crippen MR) is 106 cm³/mol. The van der Waals surface area contributed by atoms with Crippen LogP contribution in [0.2, 0.25) is 5.02 Å². The van der Waals surface area contributed by atoms with Crippen molar-refractivity contribution in [2.45, 2.75) is 13.3 Å². The van der Waals surface area contributed by atoms with Gasteiger partial charge in [0.15, 0.2) is 5.13 Å². The van der Waals surface area contributed by atoms with E-state index in [1.54, 1.807) is 18.2 Å². The first kappa shape index (κ1) is 17.4. The number of rotatable bonds is 5. The van der Waals surface area contributed by atoms with Crippen molar-refractivity contribution in [3.05, 3.63) is 76.1 Å². The van der Waals surface area contributed by atoms with Gasteiger partial charge in [-0.15, -0.1) is 11.3 Å².